The van der Waals surface area contributed by atoms with E-state index in [1.54, 1.807) is 18.4 Å². The second-order valence-electron chi connectivity index (χ2n) is 8.10. The van der Waals surface area contributed by atoms with Gasteiger partial charge in [0.25, 0.3) is 0 Å². The van der Waals surface area contributed by atoms with Gasteiger partial charge in [-0.3, -0.25) is 9.69 Å². The van der Waals surface area contributed by atoms with Crippen LogP contribution in [0.5, 0.6) is 11.5 Å². The van der Waals surface area contributed by atoms with Crippen molar-refractivity contribution in [2.24, 2.45) is 0 Å². The Kier molecular flexibility index (Phi) is 7.96. The molecule has 4 rings (SSSR count). The Morgan fingerprint density at radius 1 is 1.00 bits per heavy atom. The van der Waals surface area contributed by atoms with Crippen LogP contribution in [-0.2, 0) is 17.6 Å². The van der Waals surface area contributed by atoms with Gasteiger partial charge in [0.2, 0.25) is 5.91 Å². The van der Waals surface area contributed by atoms with Crippen LogP contribution in [0.1, 0.15) is 18.2 Å². The Morgan fingerprint density at radius 2 is 1.70 bits per heavy atom. The summed E-state index contributed by atoms with van der Waals surface area (Å²) >= 11 is 1.58. The molecule has 2 heterocycles. The molecule has 0 bridgehead atoms. The van der Waals surface area contributed by atoms with Crippen molar-refractivity contribution >= 4 is 17.2 Å². The summed E-state index contributed by atoms with van der Waals surface area (Å²) in [6.07, 6.45) is 1.37. The van der Waals surface area contributed by atoms with E-state index in [1.165, 1.54) is 5.56 Å². The third kappa shape index (κ3) is 6.33. The summed E-state index contributed by atoms with van der Waals surface area (Å²) in [5, 5.41) is 2.93. The molecule has 2 aromatic carbocycles. The second-order valence-corrected chi connectivity index (χ2v) is 8.96. The molecule has 0 N–H and O–H groups in total. The maximum Gasteiger partial charge on any atom is 0.228 e. The zero-order valence-corrected chi connectivity index (χ0v) is 20.1. The zero-order chi connectivity index (χ0) is 23.0. The number of ether oxygens (including phenoxy) is 2. The Bertz CT molecular complexity index is 1030. The van der Waals surface area contributed by atoms with E-state index in [-0.39, 0.29) is 5.91 Å². The summed E-state index contributed by atoms with van der Waals surface area (Å²) in [5.74, 6) is 1.90. The smallest absolute Gasteiger partial charge is 0.228 e. The number of nitrogens with zero attached hydrogens (tertiary/aromatic N) is 3. The molecule has 0 aliphatic carbocycles. The number of benzene rings is 2. The summed E-state index contributed by atoms with van der Waals surface area (Å²) in [6.45, 7) is 7.01. The first kappa shape index (κ1) is 23.3. The molecular weight excluding hydrogens is 434 g/mol. The van der Waals surface area contributed by atoms with Gasteiger partial charge in [0.1, 0.15) is 16.5 Å². The molecule has 33 heavy (non-hydrogen) atoms. The first-order chi connectivity index (χ1) is 16.1. The fourth-order valence-corrected chi connectivity index (χ4v) is 4.77. The minimum atomic E-state index is 0.161. The van der Waals surface area contributed by atoms with Gasteiger partial charge >= 0.3 is 0 Å². The van der Waals surface area contributed by atoms with E-state index in [1.807, 2.05) is 53.6 Å². The predicted molar refractivity (Wildman–Crippen MR) is 132 cm³/mol. The standard InChI is InChI=1S/C26H31N3O3S/c1-3-32-24-10-6-21(7-11-24)26-27-22(19-33-26)18-25(30)29-16-14-28(15-17-29)13-12-20-4-8-23(31-2)9-5-20/h4-11,19H,3,12-18H2,1-2H3. The number of piperazine rings is 1. The third-order valence-corrected chi connectivity index (χ3v) is 6.84. The highest BCUT2D eigenvalue weighted by Crippen LogP contribution is 2.26. The van der Waals surface area contributed by atoms with Crippen LogP contribution in [0.15, 0.2) is 53.9 Å². The molecule has 1 aliphatic rings. The summed E-state index contributed by atoms with van der Waals surface area (Å²) in [7, 11) is 1.69. The van der Waals surface area contributed by atoms with Crippen LogP contribution in [0.3, 0.4) is 0 Å². The molecule has 0 radical (unpaired) electrons. The van der Waals surface area contributed by atoms with E-state index < -0.39 is 0 Å². The Morgan fingerprint density at radius 3 is 2.36 bits per heavy atom. The molecule has 0 spiro atoms. The molecule has 1 aromatic heterocycles. The monoisotopic (exact) mass is 465 g/mol. The maximum absolute atomic E-state index is 12.8. The average molecular weight is 466 g/mol. The Balaban J connectivity index is 1.23. The quantitative estimate of drug-likeness (QED) is 0.475. The number of carbonyl (C=O) groups is 1. The predicted octanol–water partition coefficient (Wildman–Crippen LogP) is 4.15. The number of hydrogen-bond acceptors (Lipinski definition) is 6. The zero-order valence-electron chi connectivity index (χ0n) is 19.3. The van der Waals surface area contributed by atoms with Crippen LogP contribution < -0.4 is 9.47 Å². The first-order valence-electron chi connectivity index (χ1n) is 11.5. The Labute approximate surface area is 199 Å². The van der Waals surface area contributed by atoms with Crippen LogP contribution in [0.4, 0.5) is 0 Å². The van der Waals surface area contributed by atoms with Crippen molar-refractivity contribution in [3.63, 3.8) is 0 Å². The van der Waals surface area contributed by atoms with Crippen molar-refractivity contribution in [3.05, 3.63) is 65.2 Å². The van der Waals surface area contributed by atoms with Crippen molar-refractivity contribution in [1.29, 1.82) is 0 Å². The van der Waals surface area contributed by atoms with Gasteiger partial charge in [0.05, 0.1) is 25.8 Å². The van der Waals surface area contributed by atoms with Crippen molar-refractivity contribution < 1.29 is 14.3 Å². The van der Waals surface area contributed by atoms with E-state index in [2.05, 4.69) is 17.0 Å². The van der Waals surface area contributed by atoms with Crippen molar-refractivity contribution in [3.8, 4) is 22.1 Å². The lowest BCUT2D eigenvalue weighted by molar-refractivity contribution is -0.132. The van der Waals surface area contributed by atoms with E-state index in [0.717, 1.165) is 66.9 Å². The molecule has 1 saturated heterocycles. The Hall–Kier alpha value is -2.90. The van der Waals surface area contributed by atoms with Crippen LogP contribution in [0.2, 0.25) is 0 Å². The summed E-state index contributed by atoms with van der Waals surface area (Å²) in [6, 6.07) is 16.2. The lowest BCUT2D eigenvalue weighted by Crippen LogP contribution is -2.49. The molecule has 174 valence electrons. The van der Waals surface area contributed by atoms with Crippen LogP contribution in [-0.4, -0.2) is 67.1 Å². The number of amides is 1. The van der Waals surface area contributed by atoms with Crippen LogP contribution in [0.25, 0.3) is 10.6 Å². The van der Waals surface area contributed by atoms with Crippen molar-refractivity contribution in [2.45, 2.75) is 19.8 Å². The summed E-state index contributed by atoms with van der Waals surface area (Å²) in [5.41, 5.74) is 3.20. The fraction of sp³-hybridized carbons (Fsp3) is 0.385. The average Bonchev–Trinajstić information content (AvgIpc) is 3.32. The number of thiazole rings is 1. The van der Waals surface area contributed by atoms with E-state index >= 15 is 0 Å². The minimum absolute atomic E-state index is 0.161. The molecule has 1 aliphatic heterocycles. The molecule has 3 aromatic rings. The van der Waals surface area contributed by atoms with Gasteiger partial charge in [0.15, 0.2) is 0 Å². The number of aromatic nitrogens is 1. The van der Waals surface area contributed by atoms with E-state index in [0.29, 0.717) is 13.0 Å². The van der Waals surface area contributed by atoms with Gasteiger partial charge in [-0.15, -0.1) is 11.3 Å². The summed E-state index contributed by atoms with van der Waals surface area (Å²) < 4.78 is 10.7. The highest BCUT2D eigenvalue weighted by atomic mass is 32.1. The van der Waals surface area contributed by atoms with Crippen molar-refractivity contribution in [1.82, 2.24) is 14.8 Å². The number of carbonyl (C=O) groups excluding carboxylic acids is 1. The largest absolute Gasteiger partial charge is 0.497 e. The third-order valence-electron chi connectivity index (χ3n) is 5.90. The number of hydrogen-bond donors (Lipinski definition) is 0. The summed E-state index contributed by atoms with van der Waals surface area (Å²) in [4.78, 5) is 21.9. The number of rotatable bonds is 9. The van der Waals surface area contributed by atoms with Crippen LogP contribution in [0, 0.1) is 0 Å². The topological polar surface area (TPSA) is 54.9 Å². The van der Waals surface area contributed by atoms with Gasteiger partial charge in [0, 0.05) is 43.7 Å². The molecule has 1 amide bonds. The molecular formula is C26H31N3O3S. The van der Waals surface area contributed by atoms with E-state index in [9.17, 15) is 4.79 Å². The lowest BCUT2D eigenvalue weighted by atomic mass is 10.1. The molecule has 0 atom stereocenters. The fourth-order valence-electron chi connectivity index (χ4n) is 3.95. The number of methoxy groups -OCH3 is 1. The minimum Gasteiger partial charge on any atom is -0.497 e. The van der Waals surface area contributed by atoms with Gasteiger partial charge in [-0.2, -0.15) is 0 Å². The van der Waals surface area contributed by atoms with E-state index in [4.69, 9.17) is 14.5 Å². The molecule has 7 heteroatoms. The maximum atomic E-state index is 12.8. The normalized spacial score (nSPS) is 14.3. The van der Waals surface area contributed by atoms with Gasteiger partial charge in [-0.1, -0.05) is 12.1 Å². The van der Waals surface area contributed by atoms with Gasteiger partial charge in [-0.25, -0.2) is 4.98 Å². The molecule has 6 nitrogen and oxygen atoms in total. The van der Waals surface area contributed by atoms with Crippen molar-refractivity contribution in [2.75, 3.05) is 46.4 Å². The molecule has 0 unspecified atom stereocenters. The van der Waals surface area contributed by atoms with Gasteiger partial charge in [-0.05, 0) is 55.3 Å². The molecule has 0 saturated carbocycles. The second kappa shape index (κ2) is 11.3. The van der Waals surface area contributed by atoms with Gasteiger partial charge < -0.3 is 14.4 Å². The SMILES string of the molecule is CCOc1ccc(-c2nc(CC(=O)N3CCN(CCc4ccc(OC)cc4)CC3)cs2)cc1. The molecule has 1 fully saturated rings. The van der Waals surface area contributed by atoms with Crippen LogP contribution >= 0.6 is 11.3 Å². The first-order valence-corrected chi connectivity index (χ1v) is 12.3. The highest BCUT2D eigenvalue weighted by molar-refractivity contribution is 7.13. The highest BCUT2D eigenvalue weighted by Gasteiger charge is 2.22. The lowest BCUT2D eigenvalue weighted by Gasteiger charge is -2.34.